The molecule has 120 valence electrons. The van der Waals surface area contributed by atoms with Gasteiger partial charge in [-0.2, -0.15) is 12.6 Å². The van der Waals surface area contributed by atoms with Gasteiger partial charge in [-0.15, -0.1) is 6.58 Å². The van der Waals surface area contributed by atoms with Crippen LogP contribution in [0, 0.1) is 5.92 Å². The van der Waals surface area contributed by atoms with E-state index >= 15 is 0 Å². The maximum absolute atomic E-state index is 12.2. The zero-order chi connectivity index (χ0) is 15.8. The smallest absolute Gasteiger partial charge is 0.243 e. The third kappa shape index (κ3) is 5.71. The Kier molecular flexibility index (Phi) is 7.82. The number of aliphatic hydroxyl groups excluding tert-OH is 1. The minimum atomic E-state index is -0.843. The lowest BCUT2D eigenvalue weighted by Gasteiger charge is -2.26. The summed E-state index contributed by atoms with van der Waals surface area (Å²) in [6.45, 7) is 5.05. The monoisotopic (exact) mass is 314 g/mol. The molecule has 1 saturated carbocycles. The summed E-state index contributed by atoms with van der Waals surface area (Å²) < 4.78 is 0. The van der Waals surface area contributed by atoms with E-state index in [1.165, 1.54) is 19.4 Å². The summed E-state index contributed by atoms with van der Waals surface area (Å²) in [5.74, 6) is -1.13. The number of aliphatic hydroxyl groups is 1. The Hall–Kier alpha value is -1.01. The Balaban J connectivity index is 2.54. The van der Waals surface area contributed by atoms with Crippen molar-refractivity contribution in [3.8, 4) is 0 Å². The summed E-state index contributed by atoms with van der Waals surface area (Å²) in [6, 6.07) is -0.499. The van der Waals surface area contributed by atoms with Crippen molar-refractivity contribution >= 4 is 24.4 Å². The minimum absolute atomic E-state index is 0.192. The van der Waals surface area contributed by atoms with E-state index in [2.05, 4.69) is 29.8 Å². The van der Waals surface area contributed by atoms with Gasteiger partial charge < -0.3 is 15.7 Å². The highest BCUT2D eigenvalue weighted by atomic mass is 32.1. The predicted molar refractivity (Wildman–Crippen MR) is 86.2 cm³/mol. The van der Waals surface area contributed by atoms with Crippen molar-refractivity contribution in [3.05, 3.63) is 12.7 Å². The molecule has 1 fully saturated rings. The van der Waals surface area contributed by atoms with Gasteiger partial charge in [-0.3, -0.25) is 9.59 Å². The predicted octanol–water partition coefficient (Wildman–Crippen LogP) is 1.03. The molecular weight excluding hydrogens is 288 g/mol. The molecule has 1 aliphatic carbocycles. The van der Waals surface area contributed by atoms with E-state index in [4.69, 9.17) is 0 Å². The van der Waals surface area contributed by atoms with Crippen molar-refractivity contribution in [2.75, 3.05) is 5.75 Å². The summed E-state index contributed by atoms with van der Waals surface area (Å²) in [6.07, 6.45) is 5.99. The van der Waals surface area contributed by atoms with E-state index in [0.717, 1.165) is 25.7 Å². The van der Waals surface area contributed by atoms with Crippen molar-refractivity contribution < 1.29 is 14.7 Å². The molecule has 0 radical (unpaired) electrons. The van der Waals surface area contributed by atoms with Gasteiger partial charge in [-0.05, 0) is 19.8 Å². The van der Waals surface area contributed by atoms with Crippen LogP contribution in [0.4, 0.5) is 0 Å². The summed E-state index contributed by atoms with van der Waals surface area (Å²) in [7, 11) is 0. The van der Waals surface area contributed by atoms with Crippen LogP contribution in [-0.4, -0.2) is 40.9 Å². The van der Waals surface area contributed by atoms with Crippen LogP contribution < -0.4 is 10.6 Å². The van der Waals surface area contributed by atoms with Crippen LogP contribution in [0.2, 0.25) is 0 Å². The van der Waals surface area contributed by atoms with Gasteiger partial charge >= 0.3 is 0 Å². The van der Waals surface area contributed by atoms with Crippen LogP contribution in [0.25, 0.3) is 0 Å². The number of hydrogen-bond acceptors (Lipinski definition) is 4. The van der Waals surface area contributed by atoms with Gasteiger partial charge in [0.2, 0.25) is 11.8 Å². The van der Waals surface area contributed by atoms with Crippen LogP contribution in [0.1, 0.15) is 39.0 Å². The first-order valence-electron chi connectivity index (χ1n) is 7.51. The van der Waals surface area contributed by atoms with Gasteiger partial charge in [0.1, 0.15) is 6.04 Å². The highest BCUT2D eigenvalue weighted by molar-refractivity contribution is 7.80. The van der Waals surface area contributed by atoms with Crippen LogP contribution in [0.3, 0.4) is 0 Å². The molecule has 6 heteroatoms. The van der Waals surface area contributed by atoms with Gasteiger partial charge in [0.25, 0.3) is 0 Å². The molecule has 0 aliphatic heterocycles. The van der Waals surface area contributed by atoms with E-state index in [1.54, 1.807) is 0 Å². The first-order valence-corrected chi connectivity index (χ1v) is 8.15. The molecule has 0 saturated heterocycles. The van der Waals surface area contributed by atoms with Crippen molar-refractivity contribution in [1.82, 2.24) is 10.6 Å². The number of carbonyl (C=O) groups excluding carboxylic acids is 2. The number of amides is 2. The van der Waals surface area contributed by atoms with Gasteiger partial charge in [0.05, 0.1) is 12.0 Å². The third-order valence-electron chi connectivity index (χ3n) is 3.84. The van der Waals surface area contributed by atoms with E-state index in [0.29, 0.717) is 0 Å². The molecule has 5 nitrogen and oxygen atoms in total. The quantitative estimate of drug-likeness (QED) is 0.419. The fourth-order valence-electron chi connectivity index (χ4n) is 2.53. The van der Waals surface area contributed by atoms with E-state index in [-0.39, 0.29) is 17.7 Å². The molecule has 0 aromatic rings. The molecule has 0 heterocycles. The highest BCUT2D eigenvalue weighted by Gasteiger charge is 2.27. The first-order chi connectivity index (χ1) is 9.99. The number of thiol groups is 1. The SMILES string of the molecule is C=CC(C(=O)NC(CS)C(=O)NC1CCCCC1)C(C)O. The van der Waals surface area contributed by atoms with Crippen molar-refractivity contribution in [2.24, 2.45) is 5.92 Å². The second-order valence-corrected chi connectivity index (χ2v) is 5.95. The van der Waals surface area contributed by atoms with Gasteiger partial charge in [0.15, 0.2) is 0 Å². The topological polar surface area (TPSA) is 78.4 Å². The van der Waals surface area contributed by atoms with Crippen LogP contribution in [-0.2, 0) is 9.59 Å². The number of hydrogen-bond donors (Lipinski definition) is 4. The maximum Gasteiger partial charge on any atom is 0.243 e. The Labute approximate surface area is 132 Å². The lowest BCUT2D eigenvalue weighted by atomic mass is 9.95. The molecular formula is C15H26N2O3S. The highest BCUT2D eigenvalue weighted by Crippen LogP contribution is 2.17. The third-order valence-corrected chi connectivity index (χ3v) is 4.21. The van der Waals surface area contributed by atoms with Gasteiger partial charge in [-0.25, -0.2) is 0 Å². The second kappa shape index (κ2) is 9.10. The Morgan fingerprint density at radius 2 is 1.95 bits per heavy atom. The van der Waals surface area contributed by atoms with E-state index in [1.807, 2.05) is 0 Å². The summed E-state index contributed by atoms with van der Waals surface area (Å²) in [5.41, 5.74) is 0. The molecule has 0 aromatic carbocycles. The minimum Gasteiger partial charge on any atom is -0.392 e. The lowest BCUT2D eigenvalue weighted by Crippen LogP contribution is -2.52. The molecule has 3 atom stereocenters. The standard InChI is InChI=1S/C15H26N2O3S/c1-3-12(10(2)18)14(19)17-13(9-21)15(20)16-11-7-5-4-6-8-11/h3,10-13,18,21H,1,4-9H2,2H3,(H,16,20)(H,17,19). The molecule has 2 amide bonds. The average Bonchev–Trinajstić information content (AvgIpc) is 2.46. The first kappa shape index (κ1) is 18.0. The van der Waals surface area contributed by atoms with E-state index < -0.39 is 24.0 Å². The molecule has 1 aliphatic rings. The summed E-state index contributed by atoms with van der Waals surface area (Å²) in [4.78, 5) is 24.2. The Morgan fingerprint density at radius 1 is 1.33 bits per heavy atom. The van der Waals surface area contributed by atoms with Crippen LogP contribution >= 0.6 is 12.6 Å². The number of nitrogens with one attached hydrogen (secondary N) is 2. The largest absolute Gasteiger partial charge is 0.392 e. The molecule has 0 aromatic heterocycles. The normalized spacial score (nSPS) is 20.1. The zero-order valence-electron chi connectivity index (χ0n) is 12.5. The van der Waals surface area contributed by atoms with Gasteiger partial charge in [-0.1, -0.05) is 25.3 Å². The lowest BCUT2D eigenvalue weighted by molar-refractivity contribution is -0.131. The second-order valence-electron chi connectivity index (χ2n) is 5.59. The van der Waals surface area contributed by atoms with Gasteiger partial charge in [0, 0.05) is 11.8 Å². The summed E-state index contributed by atoms with van der Waals surface area (Å²) in [5, 5.41) is 15.1. The maximum atomic E-state index is 12.2. The molecule has 0 bridgehead atoms. The Bertz CT molecular complexity index is 368. The van der Waals surface area contributed by atoms with E-state index in [9.17, 15) is 14.7 Å². The molecule has 3 unspecified atom stereocenters. The molecule has 0 spiro atoms. The van der Waals surface area contributed by atoms with Crippen molar-refractivity contribution in [1.29, 1.82) is 0 Å². The fourth-order valence-corrected chi connectivity index (χ4v) is 2.79. The molecule has 1 rings (SSSR count). The fraction of sp³-hybridized carbons (Fsp3) is 0.733. The van der Waals surface area contributed by atoms with Crippen molar-refractivity contribution in [3.63, 3.8) is 0 Å². The number of rotatable bonds is 7. The zero-order valence-corrected chi connectivity index (χ0v) is 13.4. The van der Waals surface area contributed by atoms with Crippen LogP contribution in [0.15, 0.2) is 12.7 Å². The van der Waals surface area contributed by atoms with Crippen molar-refractivity contribution in [2.45, 2.75) is 57.2 Å². The molecule has 21 heavy (non-hydrogen) atoms. The van der Waals surface area contributed by atoms with Crippen LogP contribution in [0.5, 0.6) is 0 Å². The molecule has 3 N–H and O–H groups in total. The summed E-state index contributed by atoms with van der Waals surface area (Å²) >= 11 is 4.13. The number of carbonyl (C=O) groups is 2. The average molecular weight is 314 g/mol. The Morgan fingerprint density at radius 3 is 2.43 bits per heavy atom.